The number of fused-ring (bicyclic) bond motifs is 1. The Labute approximate surface area is 71.4 Å². The first-order chi connectivity index (χ1) is 5.17. The molecule has 0 atom stereocenters. The molecule has 1 aliphatic heterocycles. The van der Waals surface area contributed by atoms with Gasteiger partial charge in [0.1, 0.15) is 0 Å². The number of alkyl halides is 2. The minimum absolute atomic E-state index is 0.623. The zero-order valence-electron chi connectivity index (χ0n) is 5.38. The summed E-state index contributed by atoms with van der Waals surface area (Å²) in [6.07, 6.45) is 0. The Morgan fingerprint density at radius 3 is 1.91 bits per heavy atom. The minimum Gasteiger partial charge on any atom is -0.182 e. The second kappa shape index (κ2) is 2.38. The van der Waals surface area contributed by atoms with Crippen LogP contribution in [0.4, 0.5) is 8.78 Å². The summed E-state index contributed by atoms with van der Waals surface area (Å²) in [6, 6.07) is 6.98. The highest BCUT2D eigenvalue weighted by Crippen LogP contribution is 2.57. The van der Waals surface area contributed by atoms with Gasteiger partial charge in [0.2, 0.25) is 0 Å². The van der Waals surface area contributed by atoms with Crippen LogP contribution in [0.2, 0.25) is 0 Å². The molecule has 0 unspecified atom stereocenters. The molecule has 0 fully saturated rings. The van der Waals surface area contributed by atoms with Gasteiger partial charge in [-0.3, -0.25) is 0 Å². The van der Waals surface area contributed by atoms with Crippen LogP contribution < -0.4 is 0 Å². The molecule has 1 aliphatic rings. The molecule has 58 valence electrons. The van der Waals surface area contributed by atoms with Crippen molar-refractivity contribution in [1.29, 1.82) is 0 Å². The van der Waals surface area contributed by atoms with Crippen LogP contribution in [-0.2, 0) is 0 Å². The lowest BCUT2D eigenvalue weighted by atomic mass is 10.4. The Kier molecular flexibility index (Phi) is 1.61. The average molecular weight is 190 g/mol. The van der Waals surface area contributed by atoms with Crippen molar-refractivity contribution in [3.63, 3.8) is 0 Å². The molecular weight excluding hydrogens is 186 g/mol. The van der Waals surface area contributed by atoms with E-state index in [0.29, 0.717) is 33.3 Å². The summed E-state index contributed by atoms with van der Waals surface area (Å²) in [5, 5.41) is 0. The highest BCUT2D eigenvalue weighted by atomic mass is 32.2. The second-order valence-electron chi connectivity index (χ2n) is 2.11. The quantitative estimate of drug-likeness (QED) is 0.614. The number of hydrogen-bond donors (Lipinski definition) is 0. The highest BCUT2D eigenvalue weighted by Gasteiger charge is 2.39. The van der Waals surface area contributed by atoms with E-state index in [0.717, 1.165) is 0 Å². The van der Waals surface area contributed by atoms with Crippen LogP contribution in [-0.4, -0.2) is 4.59 Å². The van der Waals surface area contributed by atoms with Gasteiger partial charge in [-0.15, -0.1) is 0 Å². The van der Waals surface area contributed by atoms with Crippen LogP contribution in [0.3, 0.4) is 0 Å². The Hall–Kier alpha value is -0.220. The first-order valence-corrected chi connectivity index (χ1v) is 4.65. The molecule has 0 bridgehead atoms. The monoisotopic (exact) mass is 190 g/mol. The Balaban J connectivity index is 2.41. The van der Waals surface area contributed by atoms with Gasteiger partial charge in [0.15, 0.2) is 0 Å². The van der Waals surface area contributed by atoms with Gasteiger partial charge in [0.05, 0.1) is 0 Å². The summed E-state index contributed by atoms with van der Waals surface area (Å²) in [4.78, 5) is 1.37. The van der Waals surface area contributed by atoms with Crippen LogP contribution in [0.5, 0.6) is 0 Å². The molecule has 0 aliphatic carbocycles. The number of benzene rings is 1. The molecule has 4 heteroatoms. The fraction of sp³-hybridized carbons (Fsp3) is 0.143. The van der Waals surface area contributed by atoms with Crippen LogP contribution in [0.1, 0.15) is 0 Å². The second-order valence-corrected chi connectivity index (χ2v) is 4.69. The Morgan fingerprint density at radius 1 is 1.00 bits per heavy atom. The third-order valence-corrected chi connectivity index (χ3v) is 3.56. The van der Waals surface area contributed by atoms with Crippen molar-refractivity contribution in [3.05, 3.63) is 24.3 Å². The largest absolute Gasteiger partial charge is 0.350 e. The molecule has 0 spiro atoms. The molecule has 1 aromatic carbocycles. The first kappa shape index (κ1) is 7.43. The van der Waals surface area contributed by atoms with Crippen molar-refractivity contribution >= 4 is 23.5 Å². The molecule has 0 saturated heterocycles. The lowest BCUT2D eigenvalue weighted by Gasteiger charge is -2.01. The fourth-order valence-corrected chi connectivity index (χ4v) is 2.99. The Morgan fingerprint density at radius 2 is 1.45 bits per heavy atom. The molecule has 1 heterocycles. The van der Waals surface area contributed by atoms with Gasteiger partial charge >= 0.3 is 4.59 Å². The number of thioether (sulfide) groups is 2. The maximum absolute atomic E-state index is 12.7. The molecule has 0 N–H and O–H groups in total. The van der Waals surface area contributed by atoms with Gasteiger partial charge in [0, 0.05) is 9.79 Å². The van der Waals surface area contributed by atoms with Gasteiger partial charge in [-0.2, -0.15) is 8.78 Å². The normalized spacial score (nSPS) is 19.8. The standard InChI is InChI=1S/C7H4F2S2/c8-7(9)10-5-3-1-2-4-6(5)11-7/h1-4H. The zero-order valence-corrected chi connectivity index (χ0v) is 7.01. The number of rotatable bonds is 0. The van der Waals surface area contributed by atoms with E-state index >= 15 is 0 Å². The maximum Gasteiger partial charge on any atom is 0.350 e. The molecule has 0 saturated carbocycles. The van der Waals surface area contributed by atoms with E-state index in [1.165, 1.54) is 0 Å². The van der Waals surface area contributed by atoms with Crippen molar-refractivity contribution < 1.29 is 8.78 Å². The zero-order chi connectivity index (χ0) is 7.90. The lowest BCUT2D eigenvalue weighted by Crippen LogP contribution is -1.95. The van der Waals surface area contributed by atoms with Crippen LogP contribution >= 0.6 is 23.5 Å². The molecule has 0 radical (unpaired) electrons. The summed E-state index contributed by atoms with van der Waals surface area (Å²) < 4.78 is 22.7. The van der Waals surface area contributed by atoms with E-state index in [2.05, 4.69) is 0 Å². The molecule has 0 aromatic heterocycles. The smallest absolute Gasteiger partial charge is 0.182 e. The topological polar surface area (TPSA) is 0 Å². The molecular formula is C7H4F2S2. The van der Waals surface area contributed by atoms with Gasteiger partial charge in [-0.05, 0) is 35.7 Å². The summed E-state index contributed by atoms with van der Waals surface area (Å²) in [5.74, 6) is 0. The van der Waals surface area contributed by atoms with Crippen molar-refractivity contribution in [1.82, 2.24) is 0 Å². The molecule has 11 heavy (non-hydrogen) atoms. The van der Waals surface area contributed by atoms with Crippen molar-refractivity contribution in [3.8, 4) is 0 Å². The summed E-state index contributed by atoms with van der Waals surface area (Å²) in [6.45, 7) is 0. The van der Waals surface area contributed by atoms with Gasteiger partial charge < -0.3 is 0 Å². The third kappa shape index (κ3) is 1.37. The van der Waals surface area contributed by atoms with E-state index in [1.807, 2.05) is 0 Å². The minimum atomic E-state index is -2.66. The van der Waals surface area contributed by atoms with Gasteiger partial charge in [-0.1, -0.05) is 12.1 Å². The SMILES string of the molecule is FC1(F)Sc2ccccc2S1. The number of halogens is 2. The van der Waals surface area contributed by atoms with Crippen molar-refractivity contribution in [2.75, 3.05) is 0 Å². The van der Waals surface area contributed by atoms with Gasteiger partial charge in [-0.25, -0.2) is 0 Å². The molecule has 0 nitrogen and oxygen atoms in total. The molecule has 0 amide bonds. The van der Waals surface area contributed by atoms with E-state index in [1.54, 1.807) is 24.3 Å². The third-order valence-electron chi connectivity index (χ3n) is 1.31. The number of hydrogen-bond acceptors (Lipinski definition) is 2. The van der Waals surface area contributed by atoms with Crippen LogP contribution in [0.25, 0.3) is 0 Å². The lowest BCUT2D eigenvalue weighted by molar-refractivity contribution is 0.214. The summed E-state index contributed by atoms with van der Waals surface area (Å²) in [7, 11) is 0. The maximum atomic E-state index is 12.7. The predicted octanol–water partition coefficient (Wildman–Crippen LogP) is 3.43. The summed E-state index contributed by atoms with van der Waals surface area (Å²) >= 11 is 1.25. The summed E-state index contributed by atoms with van der Waals surface area (Å²) in [5.41, 5.74) is 0. The molecule has 2 rings (SSSR count). The first-order valence-electron chi connectivity index (χ1n) is 3.02. The van der Waals surface area contributed by atoms with Crippen molar-refractivity contribution in [2.45, 2.75) is 14.4 Å². The van der Waals surface area contributed by atoms with Crippen LogP contribution in [0, 0.1) is 0 Å². The molecule has 1 aromatic rings. The average Bonchev–Trinajstić information content (AvgIpc) is 2.21. The van der Waals surface area contributed by atoms with Crippen LogP contribution in [0.15, 0.2) is 34.1 Å². The van der Waals surface area contributed by atoms with E-state index < -0.39 is 4.59 Å². The van der Waals surface area contributed by atoms with E-state index in [9.17, 15) is 8.78 Å². The fourth-order valence-electron chi connectivity index (χ4n) is 0.896. The highest BCUT2D eigenvalue weighted by molar-refractivity contribution is 8.20. The predicted molar refractivity (Wildman–Crippen MR) is 43.1 cm³/mol. The van der Waals surface area contributed by atoms with E-state index in [4.69, 9.17) is 0 Å². The van der Waals surface area contributed by atoms with E-state index in [-0.39, 0.29) is 0 Å². The van der Waals surface area contributed by atoms with Crippen molar-refractivity contribution in [2.24, 2.45) is 0 Å². The Bertz CT molecular complexity index is 259. The van der Waals surface area contributed by atoms with Gasteiger partial charge in [0.25, 0.3) is 0 Å².